The van der Waals surface area contributed by atoms with Gasteiger partial charge in [0.25, 0.3) is 0 Å². The lowest BCUT2D eigenvalue weighted by Crippen LogP contribution is -2.32. The molecule has 0 bridgehead atoms. The minimum absolute atomic E-state index is 0.550. The summed E-state index contributed by atoms with van der Waals surface area (Å²) in [6.07, 6.45) is 0. The fraction of sp³-hybridized carbons (Fsp3) is 0.0185. The third kappa shape index (κ3) is 4.56. The summed E-state index contributed by atoms with van der Waals surface area (Å²) in [4.78, 5) is 15.7. The second kappa shape index (κ2) is 12.3. The highest BCUT2D eigenvalue weighted by atomic mass is 32.1. The molecule has 0 saturated heterocycles. The van der Waals surface area contributed by atoms with Crippen molar-refractivity contribution >= 4 is 53.3 Å². The molecule has 1 aliphatic carbocycles. The first kappa shape index (κ1) is 32.6. The Kier molecular flexibility index (Phi) is 6.78. The standard InChI is InChI=1S/C54H31N3OS/c1-2-14-34(15-3-1)53-56-50(52-51(57-53)38-19-7-13-25-48(38)59-52)33-28-26-32(27-29-33)49-40-31-47-44(30-39(40)37-18-6-11-23-45(37)55-49)54(43-22-10-12-24-46(43)58-47)41-20-8-4-16-35(41)36-17-5-9-21-42(36)54/h1-31H. The molecule has 0 unspecified atom stereocenters. The predicted molar refractivity (Wildman–Crippen MR) is 241 cm³/mol. The Morgan fingerprint density at radius 2 is 1.03 bits per heavy atom. The SMILES string of the molecule is c1ccc(-c2nc(-c3ccc(-c4nc5ccccc5c5cc6c(cc45)Oc4ccccc4C64c5ccccc5-c5ccccc54)cc3)c3sc4ccccc4c3n2)cc1. The topological polar surface area (TPSA) is 47.9 Å². The predicted octanol–water partition coefficient (Wildman–Crippen LogP) is 14.0. The first-order valence-electron chi connectivity index (χ1n) is 19.9. The molecule has 13 rings (SSSR count). The van der Waals surface area contributed by atoms with Gasteiger partial charge in [-0.2, -0.15) is 0 Å². The summed E-state index contributed by atoms with van der Waals surface area (Å²) in [6.45, 7) is 0. The van der Waals surface area contributed by atoms with Crippen molar-refractivity contribution in [1.29, 1.82) is 0 Å². The first-order chi connectivity index (χ1) is 29.2. The number of para-hydroxylation sites is 2. The van der Waals surface area contributed by atoms with Crippen LogP contribution < -0.4 is 4.74 Å². The quantitative estimate of drug-likeness (QED) is 0.168. The number of hydrogen-bond acceptors (Lipinski definition) is 5. The van der Waals surface area contributed by atoms with E-state index in [0.717, 1.165) is 93.8 Å². The van der Waals surface area contributed by atoms with Gasteiger partial charge in [0, 0.05) is 48.7 Å². The molecule has 1 spiro atoms. The number of rotatable bonds is 3. The molecule has 0 saturated carbocycles. The van der Waals surface area contributed by atoms with Gasteiger partial charge in [-0.15, -0.1) is 11.3 Å². The van der Waals surface area contributed by atoms with Gasteiger partial charge in [-0.3, -0.25) is 0 Å². The van der Waals surface area contributed by atoms with Crippen molar-refractivity contribution < 1.29 is 4.74 Å². The van der Waals surface area contributed by atoms with Crippen molar-refractivity contribution in [1.82, 2.24) is 15.0 Å². The summed E-state index contributed by atoms with van der Waals surface area (Å²) in [5.41, 5.74) is 13.7. The molecule has 4 nitrogen and oxygen atoms in total. The van der Waals surface area contributed by atoms with Gasteiger partial charge in [0.1, 0.15) is 11.5 Å². The highest BCUT2D eigenvalue weighted by molar-refractivity contribution is 7.26. The van der Waals surface area contributed by atoms with Crippen LogP contribution in [0.2, 0.25) is 0 Å². The Balaban J connectivity index is 1.04. The lowest BCUT2D eigenvalue weighted by Gasteiger charge is -2.39. The first-order valence-corrected chi connectivity index (χ1v) is 20.7. The van der Waals surface area contributed by atoms with E-state index in [9.17, 15) is 0 Å². The Morgan fingerprint density at radius 3 is 1.81 bits per heavy atom. The van der Waals surface area contributed by atoms with Crippen LogP contribution in [-0.4, -0.2) is 15.0 Å². The molecular formula is C54H31N3OS. The molecule has 0 N–H and O–H groups in total. The zero-order valence-electron chi connectivity index (χ0n) is 31.6. The molecule has 2 aliphatic rings. The van der Waals surface area contributed by atoms with Crippen LogP contribution in [0.4, 0.5) is 0 Å². The molecule has 0 atom stereocenters. The summed E-state index contributed by atoms with van der Waals surface area (Å²) in [5, 5.41) is 4.45. The molecule has 59 heavy (non-hydrogen) atoms. The van der Waals surface area contributed by atoms with Crippen LogP contribution in [0.1, 0.15) is 22.3 Å². The van der Waals surface area contributed by atoms with Crippen LogP contribution in [0.25, 0.3) is 87.0 Å². The van der Waals surface area contributed by atoms with Gasteiger partial charge in [0.2, 0.25) is 0 Å². The van der Waals surface area contributed by atoms with Crippen LogP contribution in [0.15, 0.2) is 188 Å². The molecule has 3 aromatic heterocycles. The number of hydrogen-bond donors (Lipinski definition) is 0. The summed E-state index contributed by atoms with van der Waals surface area (Å²) in [6, 6.07) is 67.0. The number of nitrogens with zero attached hydrogens (tertiary/aromatic N) is 3. The Morgan fingerprint density at radius 1 is 0.407 bits per heavy atom. The van der Waals surface area contributed by atoms with E-state index in [-0.39, 0.29) is 0 Å². The van der Waals surface area contributed by atoms with E-state index in [4.69, 9.17) is 19.7 Å². The number of ether oxygens (including phenoxy) is 1. The highest BCUT2D eigenvalue weighted by Gasteiger charge is 2.51. The number of pyridine rings is 1. The fourth-order valence-electron chi connectivity index (χ4n) is 9.81. The largest absolute Gasteiger partial charge is 0.457 e. The van der Waals surface area contributed by atoms with E-state index in [0.29, 0.717) is 0 Å². The van der Waals surface area contributed by atoms with Crippen molar-refractivity contribution in [3.05, 3.63) is 210 Å². The maximum Gasteiger partial charge on any atom is 0.160 e. The third-order valence-corrected chi connectivity index (χ3v) is 13.5. The van der Waals surface area contributed by atoms with Gasteiger partial charge in [-0.25, -0.2) is 15.0 Å². The van der Waals surface area contributed by atoms with E-state index in [1.54, 1.807) is 11.3 Å². The van der Waals surface area contributed by atoms with E-state index >= 15 is 0 Å². The summed E-state index contributed by atoms with van der Waals surface area (Å²) >= 11 is 1.75. The number of benzene rings is 8. The van der Waals surface area contributed by atoms with Gasteiger partial charge >= 0.3 is 0 Å². The second-order valence-corrected chi connectivity index (χ2v) is 16.5. The van der Waals surface area contributed by atoms with E-state index < -0.39 is 5.41 Å². The zero-order chi connectivity index (χ0) is 38.7. The average molecular weight is 770 g/mol. The van der Waals surface area contributed by atoms with E-state index in [2.05, 4.69) is 170 Å². The Labute approximate surface area is 343 Å². The lowest BCUT2D eigenvalue weighted by atomic mass is 9.65. The van der Waals surface area contributed by atoms with Gasteiger partial charge in [0.05, 0.1) is 32.5 Å². The van der Waals surface area contributed by atoms with E-state index in [1.165, 1.54) is 27.0 Å². The number of fused-ring (bicyclic) bond motifs is 15. The molecule has 4 heterocycles. The summed E-state index contributed by atoms with van der Waals surface area (Å²) in [5.74, 6) is 2.44. The Hall–Kier alpha value is -7.47. The van der Waals surface area contributed by atoms with E-state index in [1.807, 2.05) is 18.2 Å². The summed E-state index contributed by atoms with van der Waals surface area (Å²) < 4.78 is 9.24. The zero-order valence-corrected chi connectivity index (χ0v) is 32.4. The normalized spacial score (nSPS) is 13.4. The molecule has 0 amide bonds. The molecule has 11 aromatic rings. The fourth-order valence-corrected chi connectivity index (χ4v) is 11.0. The molecular weight excluding hydrogens is 739 g/mol. The average Bonchev–Trinajstić information content (AvgIpc) is 3.82. The maximum absolute atomic E-state index is 6.95. The second-order valence-electron chi connectivity index (χ2n) is 15.4. The molecule has 8 aromatic carbocycles. The molecule has 5 heteroatoms. The van der Waals surface area contributed by atoms with Crippen molar-refractivity contribution in [2.24, 2.45) is 0 Å². The van der Waals surface area contributed by atoms with Gasteiger partial charge in [0.15, 0.2) is 5.82 Å². The van der Waals surface area contributed by atoms with Gasteiger partial charge in [-0.05, 0) is 58.0 Å². The molecule has 0 radical (unpaired) electrons. The highest BCUT2D eigenvalue weighted by Crippen LogP contribution is 2.62. The third-order valence-electron chi connectivity index (χ3n) is 12.4. The van der Waals surface area contributed by atoms with Crippen molar-refractivity contribution in [2.45, 2.75) is 5.41 Å². The van der Waals surface area contributed by atoms with Gasteiger partial charge < -0.3 is 4.74 Å². The number of aromatic nitrogens is 3. The maximum atomic E-state index is 6.95. The lowest BCUT2D eigenvalue weighted by molar-refractivity contribution is 0.437. The van der Waals surface area contributed by atoms with Crippen LogP contribution in [0, 0.1) is 0 Å². The van der Waals surface area contributed by atoms with Crippen LogP contribution >= 0.6 is 11.3 Å². The minimum Gasteiger partial charge on any atom is -0.457 e. The van der Waals surface area contributed by atoms with Crippen LogP contribution in [-0.2, 0) is 5.41 Å². The van der Waals surface area contributed by atoms with Crippen molar-refractivity contribution in [3.63, 3.8) is 0 Å². The smallest absolute Gasteiger partial charge is 0.160 e. The van der Waals surface area contributed by atoms with Crippen LogP contribution in [0.5, 0.6) is 11.5 Å². The summed E-state index contributed by atoms with van der Waals surface area (Å²) in [7, 11) is 0. The monoisotopic (exact) mass is 769 g/mol. The van der Waals surface area contributed by atoms with Crippen molar-refractivity contribution in [3.8, 4) is 56.5 Å². The van der Waals surface area contributed by atoms with Crippen LogP contribution in [0.3, 0.4) is 0 Å². The van der Waals surface area contributed by atoms with Crippen molar-refractivity contribution in [2.75, 3.05) is 0 Å². The minimum atomic E-state index is -0.550. The van der Waals surface area contributed by atoms with Gasteiger partial charge in [-0.1, -0.05) is 158 Å². The molecule has 1 aliphatic heterocycles. The molecule has 0 fully saturated rings. The Bertz CT molecular complexity index is 3490. The number of thiophene rings is 1. The molecule has 274 valence electrons.